The number of aromatic nitrogens is 3. The summed E-state index contributed by atoms with van der Waals surface area (Å²) in [6.07, 6.45) is -1.51. The highest BCUT2D eigenvalue weighted by molar-refractivity contribution is 6.29. The van der Waals surface area contributed by atoms with Gasteiger partial charge in [0.2, 0.25) is 0 Å². The maximum Gasteiger partial charge on any atom is 0.282 e. The monoisotopic (exact) mass is 203 g/mol. The third-order valence-corrected chi connectivity index (χ3v) is 1.78. The molecular weight excluding hydrogens is 200 g/mol. The molecule has 0 N–H and O–H groups in total. The number of fused-ring (bicyclic) bond motifs is 1. The van der Waals surface area contributed by atoms with Gasteiger partial charge in [0.05, 0.1) is 6.20 Å². The molecule has 0 fully saturated rings. The Morgan fingerprint density at radius 1 is 1.38 bits per heavy atom. The molecule has 2 heterocycles. The molecule has 0 aliphatic heterocycles. The molecule has 0 aliphatic rings. The van der Waals surface area contributed by atoms with Crippen LogP contribution in [-0.4, -0.2) is 14.6 Å². The number of nitrogens with zero attached hydrogens (tertiary/aromatic N) is 3. The Bertz CT molecular complexity index is 440. The zero-order valence-corrected chi connectivity index (χ0v) is 7.04. The van der Waals surface area contributed by atoms with E-state index in [1.807, 2.05) is 0 Å². The van der Waals surface area contributed by atoms with Gasteiger partial charge in [0, 0.05) is 0 Å². The summed E-state index contributed by atoms with van der Waals surface area (Å²) < 4.78 is 25.7. The van der Waals surface area contributed by atoms with Crippen LogP contribution >= 0.6 is 11.6 Å². The fourth-order valence-electron chi connectivity index (χ4n) is 1.02. The van der Waals surface area contributed by atoms with Crippen molar-refractivity contribution in [2.45, 2.75) is 6.43 Å². The molecule has 3 nitrogen and oxygen atoms in total. The minimum absolute atomic E-state index is 0.160. The second-order valence-corrected chi connectivity index (χ2v) is 2.80. The van der Waals surface area contributed by atoms with Crippen LogP contribution in [0.2, 0.25) is 5.15 Å². The van der Waals surface area contributed by atoms with Gasteiger partial charge in [-0.05, 0) is 12.1 Å². The fourth-order valence-corrected chi connectivity index (χ4v) is 1.16. The summed E-state index contributed by atoms with van der Waals surface area (Å²) in [4.78, 5) is 3.74. The first-order chi connectivity index (χ1) is 6.18. The first-order valence-corrected chi connectivity index (χ1v) is 3.84. The van der Waals surface area contributed by atoms with E-state index in [0.717, 1.165) is 10.7 Å². The van der Waals surface area contributed by atoms with E-state index in [2.05, 4.69) is 10.1 Å². The van der Waals surface area contributed by atoms with Gasteiger partial charge in [-0.2, -0.15) is 5.10 Å². The lowest BCUT2D eigenvalue weighted by Gasteiger charge is -1.98. The van der Waals surface area contributed by atoms with Crippen molar-refractivity contribution in [3.8, 4) is 0 Å². The van der Waals surface area contributed by atoms with Crippen molar-refractivity contribution in [1.82, 2.24) is 14.6 Å². The van der Waals surface area contributed by atoms with Crippen molar-refractivity contribution in [3.05, 3.63) is 29.2 Å². The maximum atomic E-state index is 12.3. The van der Waals surface area contributed by atoms with E-state index in [1.165, 1.54) is 12.1 Å². The smallest absolute Gasteiger partial charge is 0.235 e. The van der Waals surface area contributed by atoms with Crippen molar-refractivity contribution in [1.29, 1.82) is 0 Å². The van der Waals surface area contributed by atoms with E-state index in [4.69, 9.17) is 11.6 Å². The number of halogens is 3. The van der Waals surface area contributed by atoms with Crippen LogP contribution in [0.25, 0.3) is 5.65 Å². The molecule has 0 aliphatic carbocycles. The largest absolute Gasteiger partial charge is 0.282 e. The Morgan fingerprint density at radius 3 is 2.85 bits per heavy atom. The molecule has 68 valence electrons. The van der Waals surface area contributed by atoms with Gasteiger partial charge in [-0.3, -0.25) is 0 Å². The maximum absolute atomic E-state index is 12.3. The van der Waals surface area contributed by atoms with Gasteiger partial charge in [-0.25, -0.2) is 18.3 Å². The zero-order chi connectivity index (χ0) is 9.42. The van der Waals surface area contributed by atoms with E-state index < -0.39 is 6.43 Å². The predicted octanol–water partition coefficient (Wildman–Crippen LogP) is 2.32. The average molecular weight is 204 g/mol. The summed E-state index contributed by atoms with van der Waals surface area (Å²) >= 11 is 5.55. The summed E-state index contributed by atoms with van der Waals surface area (Å²) in [6.45, 7) is 0. The SMILES string of the molecule is FC(F)c1cnc2ccc(Cl)nn12. The molecule has 0 bridgehead atoms. The normalized spacial score (nSPS) is 11.4. The first-order valence-electron chi connectivity index (χ1n) is 3.47. The zero-order valence-electron chi connectivity index (χ0n) is 6.28. The molecule has 0 spiro atoms. The third kappa shape index (κ3) is 1.35. The van der Waals surface area contributed by atoms with E-state index >= 15 is 0 Å². The minimum Gasteiger partial charge on any atom is -0.235 e. The van der Waals surface area contributed by atoms with Gasteiger partial charge < -0.3 is 0 Å². The van der Waals surface area contributed by atoms with Gasteiger partial charge in [0.15, 0.2) is 5.65 Å². The van der Waals surface area contributed by atoms with E-state index in [1.54, 1.807) is 0 Å². The number of hydrogen-bond acceptors (Lipinski definition) is 2. The topological polar surface area (TPSA) is 30.2 Å². The third-order valence-electron chi connectivity index (χ3n) is 1.58. The second-order valence-electron chi connectivity index (χ2n) is 2.41. The average Bonchev–Trinajstić information content (AvgIpc) is 2.46. The molecule has 2 rings (SSSR count). The predicted molar refractivity (Wildman–Crippen MR) is 43.0 cm³/mol. The van der Waals surface area contributed by atoms with Crippen molar-refractivity contribution in [2.24, 2.45) is 0 Å². The standard InChI is InChI=1S/C7H4ClF2N3/c8-5-1-2-6-11-3-4(7(9)10)13(6)12-5/h1-3,7H. The van der Waals surface area contributed by atoms with Gasteiger partial charge >= 0.3 is 0 Å². The molecule has 0 unspecified atom stereocenters. The molecule has 13 heavy (non-hydrogen) atoms. The molecule has 0 amide bonds. The van der Waals surface area contributed by atoms with Crippen LogP contribution < -0.4 is 0 Å². The number of rotatable bonds is 1. The van der Waals surface area contributed by atoms with E-state index in [-0.39, 0.29) is 10.8 Å². The Hall–Kier alpha value is -1.23. The number of hydrogen-bond donors (Lipinski definition) is 0. The van der Waals surface area contributed by atoms with E-state index in [0.29, 0.717) is 5.65 Å². The summed E-state index contributed by atoms with van der Waals surface area (Å²) in [6, 6.07) is 3.03. The van der Waals surface area contributed by atoms with Crippen LogP contribution in [0.4, 0.5) is 8.78 Å². The first kappa shape index (κ1) is 8.37. The fraction of sp³-hybridized carbons (Fsp3) is 0.143. The second kappa shape index (κ2) is 2.92. The summed E-state index contributed by atoms with van der Waals surface area (Å²) in [5.74, 6) is 0. The van der Waals surface area contributed by atoms with Crippen LogP contribution in [0.5, 0.6) is 0 Å². The highest BCUT2D eigenvalue weighted by Gasteiger charge is 2.14. The lowest BCUT2D eigenvalue weighted by atomic mass is 10.5. The lowest BCUT2D eigenvalue weighted by molar-refractivity contribution is 0.143. The van der Waals surface area contributed by atoms with Gasteiger partial charge in [-0.1, -0.05) is 11.6 Å². The van der Waals surface area contributed by atoms with Gasteiger partial charge in [-0.15, -0.1) is 0 Å². The molecule has 6 heteroatoms. The van der Waals surface area contributed by atoms with Crippen LogP contribution in [0.1, 0.15) is 12.1 Å². The van der Waals surface area contributed by atoms with Gasteiger partial charge in [0.1, 0.15) is 10.8 Å². The van der Waals surface area contributed by atoms with Crippen LogP contribution in [0.3, 0.4) is 0 Å². The Balaban J connectivity index is 2.71. The molecular formula is C7H4ClF2N3. The molecule has 0 saturated carbocycles. The Labute approximate surface area is 77.0 Å². The van der Waals surface area contributed by atoms with Crippen molar-refractivity contribution in [2.75, 3.05) is 0 Å². The lowest BCUT2D eigenvalue weighted by Crippen LogP contribution is -1.97. The number of alkyl halides is 2. The molecule has 0 aromatic carbocycles. The van der Waals surface area contributed by atoms with Crippen LogP contribution in [0.15, 0.2) is 18.3 Å². The highest BCUT2D eigenvalue weighted by Crippen LogP contribution is 2.19. The van der Waals surface area contributed by atoms with Crippen molar-refractivity contribution in [3.63, 3.8) is 0 Å². The Morgan fingerprint density at radius 2 is 2.15 bits per heavy atom. The summed E-state index contributed by atoms with van der Waals surface area (Å²) in [5.41, 5.74) is 0.109. The molecule has 0 saturated heterocycles. The van der Waals surface area contributed by atoms with Crippen LogP contribution in [-0.2, 0) is 0 Å². The van der Waals surface area contributed by atoms with Gasteiger partial charge in [0.25, 0.3) is 6.43 Å². The van der Waals surface area contributed by atoms with Crippen molar-refractivity contribution >= 4 is 17.2 Å². The summed E-state index contributed by atoms with van der Waals surface area (Å²) in [7, 11) is 0. The quantitative estimate of drug-likeness (QED) is 0.712. The van der Waals surface area contributed by atoms with E-state index in [9.17, 15) is 8.78 Å². The van der Waals surface area contributed by atoms with Crippen molar-refractivity contribution < 1.29 is 8.78 Å². The molecule has 0 radical (unpaired) electrons. The minimum atomic E-state index is -2.60. The summed E-state index contributed by atoms with van der Waals surface area (Å²) in [5, 5.41) is 3.86. The molecule has 0 atom stereocenters. The highest BCUT2D eigenvalue weighted by atomic mass is 35.5. The molecule has 2 aromatic rings. The molecule has 2 aromatic heterocycles. The number of imidazole rings is 1. The Kier molecular flexibility index (Phi) is 1.88. The van der Waals surface area contributed by atoms with Crippen LogP contribution in [0, 0.1) is 0 Å².